The van der Waals surface area contributed by atoms with E-state index in [1.165, 1.54) is 17.3 Å². The second-order valence-electron chi connectivity index (χ2n) is 6.21. The Hall–Kier alpha value is -1.98. The molecule has 4 nitrogen and oxygen atoms in total. The number of aryl methyl sites for hydroxylation is 4. The lowest BCUT2D eigenvalue weighted by molar-refractivity contribution is -0.144. The van der Waals surface area contributed by atoms with Gasteiger partial charge in [-0.3, -0.25) is 9.59 Å². The average Bonchev–Trinajstić information content (AvgIpc) is 2.55. The van der Waals surface area contributed by atoms with E-state index in [0.29, 0.717) is 10.7 Å². The topological polar surface area (TPSA) is 55.4 Å². The monoisotopic (exact) mass is 391 g/mol. The lowest BCUT2D eigenvalue weighted by Gasteiger charge is -2.12. The molecule has 2 aromatic carbocycles. The van der Waals surface area contributed by atoms with Crippen LogP contribution in [0, 0.1) is 27.7 Å². The largest absolute Gasteiger partial charge is 0.455 e. The van der Waals surface area contributed by atoms with Crippen molar-refractivity contribution < 1.29 is 14.3 Å². The van der Waals surface area contributed by atoms with Crippen molar-refractivity contribution >= 4 is 40.9 Å². The van der Waals surface area contributed by atoms with E-state index in [1.807, 2.05) is 45.9 Å². The maximum atomic E-state index is 12.0. The quantitative estimate of drug-likeness (QED) is 0.565. The summed E-state index contributed by atoms with van der Waals surface area (Å²) in [6.45, 7) is 7.48. The molecule has 0 fully saturated rings. The van der Waals surface area contributed by atoms with Crippen LogP contribution in [0.5, 0.6) is 0 Å². The first-order chi connectivity index (χ1) is 12.3. The second-order valence-corrected chi connectivity index (χ2v) is 7.63. The number of hydrogen-bond donors (Lipinski definition) is 1. The molecule has 0 atom stereocenters. The average molecular weight is 392 g/mol. The summed E-state index contributed by atoms with van der Waals surface area (Å²) in [6.07, 6.45) is 0. The minimum Gasteiger partial charge on any atom is -0.455 e. The summed E-state index contributed by atoms with van der Waals surface area (Å²) < 4.78 is 5.05. The number of esters is 1. The van der Waals surface area contributed by atoms with Gasteiger partial charge in [-0.25, -0.2) is 0 Å². The number of nitrogens with one attached hydrogen (secondary N) is 1. The van der Waals surface area contributed by atoms with E-state index in [9.17, 15) is 9.59 Å². The van der Waals surface area contributed by atoms with Crippen LogP contribution in [0.25, 0.3) is 0 Å². The van der Waals surface area contributed by atoms with Crippen LogP contribution in [0.1, 0.15) is 22.3 Å². The number of carbonyl (C=O) groups excluding carboxylic acids is 2. The molecule has 138 valence electrons. The zero-order chi connectivity index (χ0) is 19.3. The van der Waals surface area contributed by atoms with Crippen molar-refractivity contribution in [3.05, 3.63) is 57.6 Å². The predicted molar refractivity (Wildman–Crippen MR) is 107 cm³/mol. The Labute approximate surface area is 163 Å². The van der Waals surface area contributed by atoms with Gasteiger partial charge in [0, 0.05) is 4.90 Å². The Balaban J connectivity index is 1.83. The van der Waals surface area contributed by atoms with E-state index >= 15 is 0 Å². The molecule has 1 N–H and O–H groups in total. The summed E-state index contributed by atoms with van der Waals surface area (Å²) in [6, 6.07) is 9.75. The van der Waals surface area contributed by atoms with E-state index < -0.39 is 11.9 Å². The minimum absolute atomic E-state index is 0.154. The normalized spacial score (nSPS) is 10.5. The van der Waals surface area contributed by atoms with Crippen LogP contribution in [0.3, 0.4) is 0 Å². The van der Waals surface area contributed by atoms with Crippen LogP contribution in [0.4, 0.5) is 5.69 Å². The van der Waals surface area contributed by atoms with Gasteiger partial charge in [-0.2, -0.15) is 0 Å². The molecule has 0 saturated heterocycles. The molecule has 0 spiro atoms. The highest BCUT2D eigenvalue weighted by Crippen LogP contribution is 2.27. The molecule has 0 aliphatic rings. The van der Waals surface area contributed by atoms with E-state index in [1.54, 1.807) is 6.07 Å². The molecular formula is C20H22ClNO3S. The molecule has 0 aliphatic carbocycles. The molecule has 0 aliphatic heterocycles. The highest BCUT2D eigenvalue weighted by Gasteiger charge is 2.12. The Kier molecular flexibility index (Phi) is 7.12. The fourth-order valence-electron chi connectivity index (χ4n) is 2.54. The Morgan fingerprint density at radius 1 is 1.04 bits per heavy atom. The lowest BCUT2D eigenvalue weighted by Crippen LogP contribution is -2.22. The van der Waals surface area contributed by atoms with Gasteiger partial charge in [0.05, 0.1) is 16.5 Å². The number of thioether (sulfide) groups is 1. The summed E-state index contributed by atoms with van der Waals surface area (Å²) in [5.74, 6) is -0.692. The Bertz CT molecular complexity index is 813. The van der Waals surface area contributed by atoms with Gasteiger partial charge in [-0.15, -0.1) is 11.8 Å². The van der Waals surface area contributed by atoms with Crippen LogP contribution in [-0.2, 0) is 14.3 Å². The summed E-state index contributed by atoms with van der Waals surface area (Å²) >= 11 is 7.56. The Morgan fingerprint density at radius 3 is 2.38 bits per heavy atom. The number of benzene rings is 2. The summed E-state index contributed by atoms with van der Waals surface area (Å²) in [5, 5.41) is 3.16. The van der Waals surface area contributed by atoms with Crippen molar-refractivity contribution in [3.8, 4) is 0 Å². The van der Waals surface area contributed by atoms with Crippen LogP contribution in [0.2, 0.25) is 5.02 Å². The van der Waals surface area contributed by atoms with Crippen LogP contribution in [-0.4, -0.2) is 24.2 Å². The second kappa shape index (κ2) is 9.10. The number of amides is 1. The first kappa shape index (κ1) is 20.3. The molecule has 26 heavy (non-hydrogen) atoms. The lowest BCUT2D eigenvalue weighted by atomic mass is 10.1. The molecule has 0 bridgehead atoms. The molecular weight excluding hydrogens is 370 g/mol. The molecule has 0 radical (unpaired) electrons. The fourth-order valence-corrected chi connectivity index (χ4v) is 3.71. The van der Waals surface area contributed by atoms with Crippen LogP contribution < -0.4 is 5.32 Å². The number of carbonyl (C=O) groups is 2. The summed E-state index contributed by atoms with van der Waals surface area (Å²) in [4.78, 5) is 24.9. The van der Waals surface area contributed by atoms with Gasteiger partial charge in [0.1, 0.15) is 0 Å². The Morgan fingerprint density at radius 2 is 1.73 bits per heavy atom. The highest BCUT2D eigenvalue weighted by atomic mass is 35.5. The molecule has 6 heteroatoms. The smallest absolute Gasteiger partial charge is 0.316 e. The highest BCUT2D eigenvalue weighted by molar-refractivity contribution is 8.00. The van der Waals surface area contributed by atoms with Gasteiger partial charge in [-0.05, 0) is 56.5 Å². The van der Waals surface area contributed by atoms with Gasteiger partial charge >= 0.3 is 5.97 Å². The molecule has 0 aromatic heterocycles. The van der Waals surface area contributed by atoms with Gasteiger partial charge < -0.3 is 10.1 Å². The van der Waals surface area contributed by atoms with Gasteiger partial charge in [0.15, 0.2) is 6.61 Å². The number of halogens is 1. The number of hydrogen-bond acceptors (Lipinski definition) is 4. The molecule has 1 amide bonds. The minimum atomic E-state index is -0.433. The maximum absolute atomic E-state index is 12.0. The van der Waals surface area contributed by atoms with Crippen molar-refractivity contribution in [3.63, 3.8) is 0 Å². The number of ether oxygens (including phenoxy) is 1. The van der Waals surface area contributed by atoms with Gasteiger partial charge in [0.25, 0.3) is 5.91 Å². The SMILES string of the molecule is Cc1ccc(SCC(=O)OCC(=O)Nc2c(C)cc(C)cc2Cl)c(C)c1. The first-order valence-electron chi connectivity index (χ1n) is 8.18. The van der Waals surface area contributed by atoms with Crippen molar-refractivity contribution in [2.75, 3.05) is 17.7 Å². The summed E-state index contributed by atoms with van der Waals surface area (Å²) in [5.41, 5.74) is 4.71. The van der Waals surface area contributed by atoms with E-state index in [-0.39, 0.29) is 12.4 Å². The van der Waals surface area contributed by atoms with Crippen molar-refractivity contribution in [1.29, 1.82) is 0 Å². The molecule has 0 saturated carbocycles. The van der Waals surface area contributed by atoms with Gasteiger partial charge in [0.2, 0.25) is 0 Å². The van der Waals surface area contributed by atoms with Crippen molar-refractivity contribution in [2.24, 2.45) is 0 Å². The standard InChI is InChI=1S/C20H22ClNO3S/c1-12-5-6-17(14(3)7-12)26-11-19(24)25-10-18(23)22-20-15(4)8-13(2)9-16(20)21/h5-9H,10-11H2,1-4H3,(H,22,23). The van der Waals surface area contributed by atoms with Crippen LogP contribution in [0.15, 0.2) is 35.2 Å². The fraction of sp³-hybridized carbons (Fsp3) is 0.300. The van der Waals surface area contributed by atoms with E-state index in [4.69, 9.17) is 16.3 Å². The van der Waals surface area contributed by atoms with Gasteiger partial charge in [-0.1, -0.05) is 35.4 Å². The third-order valence-electron chi connectivity index (χ3n) is 3.74. The van der Waals surface area contributed by atoms with Crippen molar-refractivity contribution in [1.82, 2.24) is 0 Å². The first-order valence-corrected chi connectivity index (χ1v) is 9.55. The zero-order valence-electron chi connectivity index (χ0n) is 15.3. The third kappa shape index (κ3) is 5.78. The number of anilines is 1. The molecule has 2 rings (SSSR count). The maximum Gasteiger partial charge on any atom is 0.316 e. The van der Waals surface area contributed by atoms with Crippen LogP contribution >= 0.6 is 23.4 Å². The predicted octanol–water partition coefficient (Wildman–Crippen LogP) is 4.85. The molecule has 2 aromatic rings. The molecule has 0 heterocycles. The van der Waals surface area contributed by atoms with E-state index in [0.717, 1.165) is 21.6 Å². The zero-order valence-corrected chi connectivity index (χ0v) is 16.9. The van der Waals surface area contributed by atoms with E-state index in [2.05, 4.69) is 11.4 Å². The third-order valence-corrected chi connectivity index (χ3v) is 5.18. The molecule has 0 unspecified atom stereocenters. The van der Waals surface area contributed by atoms with Crippen molar-refractivity contribution in [2.45, 2.75) is 32.6 Å². The summed E-state index contributed by atoms with van der Waals surface area (Å²) in [7, 11) is 0. The number of rotatable bonds is 6.